The molecule has 6 nitrogen and oxygen atoms in total. The summed E-state index contributed by atoms with van der Waals surface area (Å²) in [7, 11) is 0. The number of aliphatic hydroxyl groups is 1. The largest absolute Gasteiger partial charge is 0.394 e. The standard InChI is InChI=1S/C18H20FN3O3S/c19-13-3-5-14(6-4-13)21-7-9-22(10-8-21)18(25)15(12-23)20-17(24)16-2-1-11-26-16/h1-6,11,15,23H,7-10,12H2,(H,20,24)/t15-/m0/s1. The van der Waals surface area contributed by atoms with Crippen molar-refractivity contribution < 1.29 is 19.1 Å². The molecule has 0 spiro atoms. The first-order valence-corrected chi connectivity index (χ1v) is 9.21. The van der Waals surface area contributed by atoms with Crippen LogP contribution in [0.4, 0.5) is 10.1 Å². The molecule has 26 heavy (non-hydrogen) atoms. The summed E-state index contributed by atoms with van der Waals surface area (Å²) in [6.07, 6.45) is 0. The van der Waals surface area contributed by atoms with Gasteiger partial charge in [0.1, 0.15) is 11.9 Å². The minimum Gasteiger partial charge on any atom is -0.394 e. The van der Waals surface area contributed by atoms with Gasteiger partial charge in [-0.3, -0.25) is 9.59 Å². The van der Waals surface area contributed by atoms with E-state index < -0.39 is 12.6 Å². The number of anilines is 1. The van der Waals surface area contributed by atoms with Crippen molar-refractivity contribution in [3.8, 4) is 0 Å². The number of carbonyl (C=O) groups excluding carboxylic acids is 2. The van der Waals surface area contributed by atoms with Gasteiger partial charge in [-0.15, -0.1) is 11.3 Å². The zero-order chi connectivity index (χ0) is 18.5. The maximum atomic E-state index is 13.0. The van der Waals surface area contributed by atoms with Gasteiger partial charge in [0.2, 0.25) is 5.91 Å². The van der Waals surface area contributed by atoms with Gasteiger partial charge in [0.05, 0.1) is 11.5 Å². The van der Waals surface area contributed by atoms with Crippen molar-refractivity contribution >= 4 is 28.8 Å². The molecule has 0 unspecified atom stereocenters. The molecule has 3 rings (SSSR count). The molecule has 1 fully saturated rings. The van der Waals surface area contributed by atoms with Gasteiger partial charge in [-0.1, -0.05) is 6.07 Å². The summed E-state index contributed by atoms with van der Waals surface area (Å²) in [4.78, 5) is 28.9. The number of aliphatic hydroxyl groups excluding tert-OH is 1. The fourth-order valence-corrected chi connectivity index (χ4v) is 3.51. The zero-order valence-corrected chi connectivity index (χ0v) is 14.9. The second kappa shape index (κ2) is 8.29. The number of amides is 2. The first kappa shape index (κ1) is 18.3. The summed E-state index contributed by atoms with van der Waals surface area (Å²) < 4.78 is 13.0. The van der Waals surface area contributed by atoms with E-state index in [-0.39, 0.29) is 17.6 Å². The first-order valence-electron chi connectivity index (χ1n) is 8.33. The molecule has 1 aromatic carbocycles. The van der Waals surface area contributed by atoms with Gasteiger partial charge in [-0.05, 0) is 35.7 Å². The molecular formula is C18H20FN3O3S. The van der Waals surface area contributed by atoms with E-state index in [9.17, 15) is 19.1 Å². The summed E-state index contributed by atoms with van der Waals surface area (Å²) in [5.74, 6) is -0.941. The number of piperazine rings is 1. The lowest BCUT2D eigenvalue weighted by Crippen LogP contribution is -2.56. The highest BCUT2D eigenvalue weighted by Gasteiger charge is 2.28. The van der Waals surface area contributed by atoms with E-state index in [4.69, 9.17) is 0 Å². The molecule has 1 aliphatic heterocycles. The Morgan fingerprint density at radius 1 is 1.15 bits per heavy atom. The zero-order valence-electron chi connectivity index (χ0n) is 14.1. The molecular weight excluding hydrogens is 357 g/mol. The van der Waals surface area contributed by atoms with Crippen LogP contribution in [-0.4, -0.2) is 60.6 Å². The summed E-state index contributed by atoms with van der Waals surface area (Å²) >= 11 is 1.28. The molecule has 8 heteroatoms. The topological polar surface area (TPSA) is 72.9 Å². The van der Waals surface area contributed by atoms with Crippen LogP contribution in [0.2, 0.25) is 0 Å². The second-order valence-corrected chi connectivity index (χ2v) is 6.92. The maximum absolute atomic E-state index is 13.0. The van der Waals surface area contributed by atoms with Gasteiger partial charge >= 0.3 is 0 Å². The van der Waals surface area contributed by atoms with Crippen LogP contribution in [0.5, 0.6) is 0 Å². The van der Waals surface area contributed by atoms with Gasteiger partial charge in [-0.25, -0.2) is 4.39 Å². The Labute approximate surface area is 154 Å². The first-order chi connectivity index (χ1) is 12.6. The molecule has 2 amide bonds. The number of hydrogen-bond donors (Lipinski definition) is 2. The lowest BCUT2D eigenvalue weighted by atomic mass is 10.2. The predicted octanol–water partition coefficient (Wildman–Crippen LogP) is 1.33. The summed E-state index contributed by atoms with van der Waals surface area (Å²) in [5, 5.41) is 13.9. The number of halogens is 1. The summed E-state index contributed by atoms with van der Waals surface area (Å²) in [6, 6.07) is 8.71. The Bertz CT molecular complexity index is 744. The van der Waals surface area contributed by atoms with E-state index in [2.05, 4.69) is 10.2 Å². The van der Waals surface area contributed by atoms with E-state index in [1.165, 1.54) is 23.5 Å². The third-order valence-corrected chi connectivity index (χ3v) is 5.18. The smallest absolute Gasteiger partial charge is 0.262 e. The van der Waals surface area contributed by atoms with Crippen LogP contribution in [-0.2, 0) is 4.79 Å². The molecule has 2 heterocycles. The molecule has 1 atom stereocenters. The lowest BCUT2D eigenvalue weighted by Gasteiger charge is -2.37. The van der Waals surface area contributed by atoms with E-state index in [1.54, 1.807) is 34.5 Å². The fraction of sp³-hybridized carbons (Fsp3) is 0.333. The lowest BCUT2D eigenvalue weighted by molar-refractivity contribution is -0.134. The monoisotopic (exact) mass is 377 g/mol. The molecule has 138 valence electrons. The van der Waals surface area contributed by atoms with Crippen molar-refractivity contribution in [3.05, 3.63) is 52.5 Å². The number of nitrogens with zero attached hydrogens (tertiary/aromatic N) is 2. The van der Waals surface area contributed by atoms with Crippen molar-refractivity contribution in [2.24, 2.45) is 0 Å². The van der Waals surface area contributed by atoms with Gasteiger partial charge in [0.15, 0.2) is 0 Å². The quantitative estimate of drug-likeness (QED) is 0.825. The average molecular weight is 377 g/mol. The SMILES string of the molecule is O=C(N[C@@H](CO)C(=O)N1CCN(c2ccc(F)cc2)CC1)c1cccs1. The Balaban J connectivity index is 1.56. The Hall–Kier alpha value is -2.45. The second-order valence-electron chi connectivity index (χ2n) is 5.97. The average Bonchev–Trinajstić information content (AvgIpc) is 3.21. The van der Waals surface area contributed by atoms with Crippen molar-refractivity contribution in [2.75, 3.05) is 37.7 Å². The number of rotatable bonds is 5. The highest BCUT2D eigenvalue weighted by molar-refractivity contribution is 7.12. The van der Waals surface area contributed by atoms with Crippen LogP contribution in [0, 0.1) is 5.82 Å². The van der Waals surface area contributed by atoms with E-state index in [1.807, 2.05) is 0 Å². The third-order valence-electron chi connectivity index (χ3n) is 4.31. The van der Waals surface area contributed by atoms with Crippen LogP contribution in [0.3, 0.4) is 0 Å². The van der Waals surface area contributed by atoms with Crippen LogP contribution >= 0.6 is 11.3 Å². The molecule has 2 aromatic rings. The normalized spacial score (nSPS) is 15.6. The third kappa shape index (κ3) is 4.20. The Morgan fingerprint density at radius 3 is 2.42 bits per heavy atom. The number of hydrogen-bond acceptors (Lipinski definition) is 5. The number of carbonyl (C=O) groups is 2. The van der Waals surface area contributed by atoms with Gasteiger partial charge in [0, 0.05) is 31.9 Å². The Kier molecular flexibility index (Phi) is 5.85. The summed E-state index contributed by atoms with van der Waals surface area (Å²) in [5.41, 5.74) is 0.906. The summed E-state index contributed by atoms with van der Waals surface area (Å²) in [6.45, 7) is 1.71. The highest BCUT2D eigenvalue weighted by Crippen LogP contribution is 2.17. The highest BCUT2D eigenvalue weighted by atomic mass is 32.1. The molecule has 0 saturated carbocycles. The van der Waals surface area contributed by atoms with Gasteiger partial charge in [0.25, 0.3) is 5.91 Å². The number of nitrogens with one attached hydrogen (secondary N) is 1. The minimum absolute atomic E-state index is 0.283. The van der Waals surface area contributed by atoms with E-state index in [0.717, 1.165) is 5.69 Å². The van der Waals surface area contributed by atoms with Gasteiger partial charge in [-0.2, -0.15) is 0 Å². The molecule has 1 aliphatic rings. The van der Waals surface area contributed by atoms with Crippen molar-refractivity contribution in [1.82, 2.24) is 10.2 Å². The molecule has 0 radical (unpaired) electrons. The van der Waals surface area contributed by atoms with Crippen molar-refractivity contribution in [2.45, 2.75) is 6.04 Å². The number of benzene rings is 1. The van der Waals surface area contributed by atoms with Crippen LogP contribution in [0.25, 0.3) is 0 Å². The van der Waals surface area contributed by atoms with Crippen molar-refractivity contribution in [3.63, 3.8) is 0 Å². The maximum Gasteiger partial charge on any atom is 0.262 e. The van der Waals surface area contributed by atoms with Gasteiger partial charge < -0.3 is 20.2 Å². The Morgan fingerprint density at radius 2 is 1.85 bits per heavy atom. The van der Waals surface area contributed by atoms with E-state index in [0.29, 0.717) is 31.1 Å². The van der Waals surface area contributed by atoms with Crippen molar-refractivity contribution in [1.29, 1.82) is 0 Å². The van der Waals surface area contributed by atoms with Crippen LogP contribution < -0.4 is 10.2 Å². The molecule has 0 aliphatic carbocycles. The predicted molar refractivity (Wildman–Crippen MR) is 97.9 cm³/mol. The molecule has 0 bridgehead atoms. The number of thiophene rings is 1. The molecule has 1 aromatic heterocycles. The van der Waals surface area contributed by atoms with E-state index >= 15 is 0 Å². The molecule has 2 N–H and O–H groups in total. The van der Waals surface area contributed by atoms with Crippen LogP contribution in [0.15, 0.2) is 41.8 Å². The minimum atomic E-state index is -0.957. The molecule has 1 saturated heterocycles. The fourth-order valence-electron chi connectivity index (χ4n) is 2.88. The van der Waals surface area contributed by atoms with Crippen LogP contribution in [0.1, 0.15) is 9.67 Å².